The standard InChI is InChI=1S/C15H22N4/c1-17-6-8-19(9-7-17)11-13-10-12-4-3-5-14(16)15(12)18(13)2/h3-5,10H,6-9,11,16H2,1-2H3. The summed E-state index contributed by atoms with van der Waals surface area (Å²) in [4.78, 5) is 4.90. The normalized spacial score (nSPS) is 18.2. The van der Waals surface area contributed by atoms with Gasteiger partial charge in [-0.1, -0.05) is 12.1 Å². The first-order valence-electron chi connectivity index (χ1n) is 6.89. The first-order chi connectivity index (χ1) is 9.15. The first kappa shape index (κ1) is 12.5. The molecule has 1 aromatic heterocycles. The molecule has 0 aliphatic carbocycles. The summed E-state index contributed by atoms with van der Waals surface area (Å²) in [5.41, 5.74) is 9.45. The predicted molar refractivity (Wildman–Crippen MR) is 80.1 cm³/mol. The Labute approximate surface area is 114 Å². The van der Waals surface area contributed by atoms with E-state index in [9.17, 15) is 0 Å². The second-order valence-corrected chi connectivity index (χ2v) is 5.56. The molecule has 3 rings (SSSR count). The van der Waals surface area contributed by atoms with E-state index in [1.165, 1.54) is 11.1 Å². The molecule has 1 aliphatic rings. The molecule has 0 unspecified atom stereocenters. The maximum Gasteiger partial charge on any atom is 0.0713 e. The Kier molecular flexibility index (Phi) is 3.21. The summed E-state index contributed by atoms with van der Waals surface area (Å²) in [6, 6.07) is 8.41. The highest BCUT2D eigenvalue weighted by atomic mass is 15.2. The fraction of sp³-hybridized carbons (Fsp3) is 0.467. The Hall–Kier alpha value is -1.52. The third kappa shape index (κ3) is 2.33. The molecule has 2 aromatic rings. The number of benzene rings is 1. The van der Waals surface area contributed by atoms with Gasteiger partial charge in [0.15, 0.2) is 0 Å². The fourth-order valence-corrected chi connectivity index (χ4v) is 2.89. The predicted octanol–water partition coefficient (Wildman–Crippen LogP) is 1.51. The second kappa shape index (κ2) is 4.87. The number of likely N-dealkylation sites (N-methyl/N-ethyl adjacent to an activating group) is 1. The molecular weight excluding hydrogens is 236 g/mol. The molecule has 0 spiro atoms. The molecule has 0 saturated carbocycles. The van der Waals surface area contributed by atoms with Crippen LogP contribution in [-0.4, -0.2) is 47.6 Å². The van der Waals surface area contributed by atoms with E-state index in [2.05, 4.69) is 40.6 Å². The lowest BCUT2D eigenvalue weighted by Crippen LogP contribution is -2.44. The van der Waals surface area contributed by atoms with Crippen molar-refractivity contribution in [3.63, 3.8) is 0 Å². The molecule has 0 radical (unpaired) electrons. The van der Waals surface area contributed by atoms with Gasteiger partial charge in [0.1, 0.15) is 0 Å². The number of rotatable bonds is 2. The van der Waals surface area contributed by atoms with Gasteiger partial charge >= 0.3 is 0 Å². The van der Waals surface area contributed by atoms with Crippen LogP contribution >= 0.6 is 0 Å². The molecule has 4 heteroatoms. The number of aromatic nitrogens is 1. The molecule has 0 amide bonds. The van der Waals surface area contributed by atoms with Crippen LogP contribution in [0, 0.1) is 0 Å². The molecule has 2 heterocycles. The smallest absolute Gasteiger partial charge is 0.0713 e. The van der Waals surface area contributed by atoms with E-state index in [4.69, 9.17) is 5.73 Å². The van der Waals surface area contributed by atoms with E-state index in [1.54, 1.807) is 0 Å². The minimum Gasteiger partial charge on any atom is -0.397 e. The third-order valence-corrected chi connectivity index (χ3v) is 4.17. The van der Waals surface area contributed by atoms with Crippen LogP contribution < -0.4 is 5.73 Å². The maximum atomic E-state index is 6.08. The largest absolute Gasteiger partial charge is 0.397 e. The number of hydrogen-bond acceptors (Lipinski definition) is 3. The van der Waals surface area contributed by atoms with E-state index in [1.807, 2.05) is 12.1 Å². The van der Waals surface area contributed by atoms with Gasteiger partial charge in [0.2, 0.25) is 0 Å². The van der Waals surface area contributed by atoms with Gasteiger partial charge in [0, 0.05) is 50.9 Å². The first-order valence-corrected chi connectivity index (χ1v) is 6.89. The highest BCUT2D eigenvalue weighted by molar-refractivity contribution is 5.91. The van der Waals surface area contributed by atoms with Crippen LogP contribution in [-0.2, 0) is 13.6 Å². The maximum absolute atomic E-state index is 6.08. The number of nitrogens with zero attached hydrogens (tertiary/aromatic N) is 3. The number of aryl methyl sites for hydroxylation is 1. The Morgan fingerprint density at radius 1 is 1.11 bits per heavy atom. The van der Waals surface area contributed by atoms with Crippen LogP contribution in [0.25, 0.3) is 10.9 Å². The minimum atomic E-state index is 0.865. The molecule has 2 N–H and O–H groups in total. The summed E-state index contributed by atoms with van der Waals surface area (Å²) in [7, 11) is 4.30. The molecule has 1 aliphatic heterocycles. The lowest BCUT2D eigenvalue weighted by molar-refractivity contribution is 0.146. The van der Waals surface area contributed by atoms with Crippen molar-refractivity contribution in [1.29, 1.82) is 0 Å². The van der Waals surface area contributed by atoms with Gasteiger partial charge in [-0.25, -0.2) is 0 Å². The lowest BCUT2D eigenvalue weighted by atomic mass is 10.2. The highest BCUT2D eigenvalue weighted by Crippen LogP contribution is 2.25. The summed E-state index contributed by atoms with van der Waals surface area (Å²) >= 11 is 0. The van der Waals surface area contributed by atoms with Gasteiger partial charge in [0.25, 0.3) is 0 Å². The van der Waals surface area contributed by atoms with Gasteiger partial charge < -0.3 is 15.2 Å². The molecule has 1 saturated heterocycles. The van der Waals surface area contributed by atoms with Crippen LogP contribution in [0.1, 0.15) is 5.69 Å². The Bertz CT molecular complexity index is 579. The molecule has 0 atom stereocenters. The number of anilines is 1. The molecule has 19 heavy (non-hydrogen) atoms. The number of para-hydroxylation sites is 1. The SMILES string of the molecule is CN1CCN(Cc2cc3cccc(N)c3n2C)CC1. The van der Waals surface area contributed by atoms with Gasteiger partial charge in [-0.2, -0.15) is 0 Å². The summed E-state index contributed by atoms with van der Waals surface area (Å²) in [6.45, 7) is 5.62. The van der Waals surface area contributed by atoms with E-state index in [0.717, 1.165) is 43.9 Å². The molecular formula is C15H22N4. The number of piperazine rings is 1. The monoisotopic (exact) mass is 258 g/mol. The zero-order valence-electron chi connectivity index (χ0n) is 11.8. The Morgan fingerprint density at radius 2 is 1.84 bits per heavy atom. The third-order valence-electron chi connectivity index (χ3n) is 4.17. The van der Waals surface area contributed by atoms with Crippen molar-refractivity contribution in [2.45, 2.75) is 6.54 Å². The second-order valence-electron chi connectivity index (χ2n) is 5.56. The number of fused-ring (bicyclic) bond motifs is 1. The summed E-state index contributed by atoms with van der Waals surface area (Å²) in [5.74, 6) is 0. The van der Waals surface area contributed by atoms with E-state index in [-0.39, 0.29) is 0 Å². The van der Waals surface area contributed by atoms with Crippen molar-refractivity contribution < 1.29 is 0 Å². The van der Waals surface area contributed by atoms with Crippen molar-refractivity contribution in [1.82, 2.24) is 14.4 Å². The van der Waals surface area contributed by atoms with Crippen molar-refractivity contribution in [3.8, 4) is 0 Å². The van der Waals surface area contributed by atoms with Crippen molar-refractivity contribution in [2.75, 3.05) is 39.0 Å². The fourth-order valence-electron chi connectivity index (χ4n) is 2.89. The zero-order valence-corrected chi connectivity index (χ0v) is 11.8. The molecule has 0 bridgehead atoms. The Morgan fingerprint density at radius 3 is 2.53 bits per heavy atom. The van der Waals surface area contributed by atoms with Gasteiger partial charge in [-0.3, -0.25) is 4.90 Å². The van der Waals surface area contributed by atoms with Crippen LogP contribution in [0.4, 0.5) is 5.69 Å². The quantitative estimate of drug-likeness (QED) is 0.830. The topological polar surface area (TPSA) is 37.4 Å². The molecule has 1 fully saturated rings. The van der Waals surface area contributed by atoms with Gasteiger partial charge in [-0.15, -0.1) is 0 Å². The summed E-state index contributed by atoms with van der Waals surface area (Å²) in [5, 5.41) is 1.24. The van der Waals surface area contributed by atoms with Crippen LogP contribution in [0.2, 0.25) is 0 Å². The minimum absolute atomic E-state index is 0.865. The molecule has 4 nitrogen and oxygen atoms in total. The van der Waals surface area contributed by atoms with E-state index >= 15 is 0 Å². The molecule has 1 aromatic carbocycles. The lowest BCUT2D eigenvalue weighted by Gasteiger charge is -2.32. The zero-order chi connectivity index (χ0) is 13.4. The van der Waals surface area contributed by atoms with Crippen molar-refractivity contribution in [2.24, 2.45) is 7.05 Å². The number of hydrogen-bond donors (Lipinski definition) is 1. The number of nitrogens with two attached hydrogens (primary N) is 1. The highest BCUT2D eigenvalue weighted by Gasteiger charge is 2.16. The van der Waals surface area contributed by atoms with E-state index in [0.29, 0.717) is 0 Å². The van der Waals surface area contributed by atoms with Gasteiger partial charge in [-0.05, 0) is 19.2 Å². The average Bonchev–Trinajstić information content (AvgIpc) is 2.71. The van der Waals surface area contributed by atoms with Crippen molar-refractivity contribution >= 4 is 16.6 Å². The van der Waals surface area contributed by atoms with Crippen LogP contribution in [0.3, 0.4) is 0 Å². The van der Waals surface area contributed by atoms with Crippen LogP contribution in [0.15, 0.2) is 24.3 Å². The van der Waals surface area contributed by atoms with Crippen molar-refractivity contribution in [3.05, 3.63) is 30.0 Å². The number of nitrogen functional groups attached to an aromatic ring is 1. The Balaban J connectivity index is 1.85. The van der Waals surface area contributed by atoms with Crippen LogP contribution in [0.5, 0.6) is 0 Å². The summed E-state index contributed by atoms with van der Waals surface area (Å²) < 4.78 is 2.24. The summed E-state index contributed by atoms with van der Waals surface area (Å²) in [6.07, 6.45) is 0. The van der Waals surface area contributed by atoms with E-state index < -0.39 is 0 Å². The van der Waals surface area contributed by atoms with Gasteiger partial charge in [0.05, 0.1) is 11.2 Å². The average molecular weight is 258 g/mol. The molecule has 102 valence electrons.